The van der Waals surface area contributed by atoms with E-state index in [1.54, 1.807) is 34.6 Å². The Bertz CT molecular complexity index is 1250. The summed E-state index contributed by atoms with van der Waals surface area (Å²) >= 11 is 0. The van der Waals surface area contributed by atoms with Crippen LogP contribution < -0.4 is 0 Å². The zero-order chi connectivity index (χ0) is 42.0. The quantitative estimate of drug-likeness (QED) is 0.263. The number of esters is 2. The molecule has 4 N–H and O–H groups in total. The van der Waals surface area contributed by atoms with Gasteiger partial charge in [-0.05, 0) is 94.8 Å². The molecule has 18 atom stereocenters. The van der Waals surface area contributed by atoms with Crippen molar-refractivity contribution < 1.29 is 63.2 Å². The maximum absolute atomic E-state index is 14.4. The highest BCUT2D eigenvalue weighted by Crippen LogP contribution is 2.40. The monoisotopic (exact) mass is 791 g/mol. The van der Waals surface area contributed by atoms with E-state index in [0.29, 0.717) is 13.0 Å². The average molecular weight is 791 g/mol. The predicted molar refractivity (Wildman–Crippen MR) is 204 cm³/mol. The van der Waals surface area contributed by atoms with Crippen molar-refractivity contribution in [2.75, 3.05) is 34.8 Å². The fourth-order valence-electron chi connectivity index (χ4n) is 9.12. The number of nitrogens with zero attached hydrogens (tertiary/aromatic N) is 2. The molecule has 322 valence electrons. The first kappa shape index (κ1) is 47.9. The van der Waals surface area contributed by atoms with E-state index in [-0.39, 0.29) is 37.3 Å². The normalized spacial score (nSPS) is 47.4. The van der Waals surface area contributed by atoms with Gasteiger partial charge >= 0.3 is 11.9 Å². The van der Waals surface area contributed by atoms with Gasteiger partial charge in [0.05, 0.1) is 41.5 Å². The van der Waals surface area contributed by atoms with Crippen molar-refractivity contribution in [3.05, 3.63) is 0 Å². The second-order valence-electron chi connectivity index (χ2n) is 17.8. The Hall–Kier alpha value is -1.50. The van der Waals surface area contributed by atoms with E-state index < -0.39 is 102 Å². The van der Waals surface area contributed by atoms with Crippen molar-refractivity contribution >= 4 is 11.9 Å². The van der Waals surface area contributed by atoms with Gasteiger partial charge < -0.3 is 58.5 Å². The lowest BCUT2D eigenvalue weighted by Crippen LogP contribution is -2.60. The summed E-state index contributed by atoms with van der Waals surface area (Å²) in [5.41, 5.74) is -4.43. The Morgan fingerprint density at radius 3 is 2.15 bits per heavy atom. The van der Waals surface area contributed by atoms with Crippen molar-refractivity contribution in [1.82, 2.24) is 9.80 Å². The van der Waals surface area contributed by atoms with E-state index in [4.69, 9.17) is 33.2 Å². The molecule has 3 aliphatic heterocycles. The van der Waals surface area contributed by atoms with Gasteiger partial charge in [0.2, 0.25) is 0 Å². The van der Waals surface area contributed by atoms with Crippen LogP contribution in [0.25, 0.3) is 0 Å². The molecule has 3 heterocycles. The molecule has 0 aromatic carbocycles. The Labute approximate surface area is 329 Å². The van der Waals surface area contributed by atoms with Crippen LogP contribution in [0, 0.1) is 17.8 Å². The minimum atomic E-state index is -1.81. The topological polar surface area (TPSA) is 186 Å². The summed E-state index contributed by atoms with van der Waals surface area (Å²) in [5.74, 6) is -3.29. The van der Waals surface area contributed by atoms with Gasteiger partial charge in [0, 0.05) is 45.0 Å². The average Bonchev–Trinajstić information content (AvgIpc) is 3.08. The maximum atomic E-state index is 14.4. The van der Waals surface area contributed by atoms with Crippen LogP contribution in [0.1, 0.15) is 102 Å². The van der Waals surface area contributed by atoms with Crippen LogP contribution in [0.2, 0.25) is 0 Å². The predicted octanol–water partition coefficient (Wildman–Crippen LogP) is 2.47. The molecule has 0 radical (unpaired) electrons. The molecule has 15 heteroatoms. The molecule has 55 heavy (non-hydrogen) atoms. The molecule has 3 aliphatic rings. The van der Waals surface area contributed by atoms with E-state index in [1.807, 2.05) is 58.6 Å². The molecule has 0 amide bonds. The number of hydrogen-bond donors (Lipinski definition) is 4. The summed E-state index contributed by atoms with van der Waals surface area (Å²) in [6.07, 6.45) is -8.27. The Balaban J connectivity index is 2.21. The molecule has 0 aliphatic carbocycles. The Morgan fingerprint density at radius 2 is 1.60 bits per heavy atom. The first-order valence-corrected chi connectivity index (χ1v) is 20.0. The van der Waals surface area contributed by atoms with Gasteiger partial charge in [0.15, 0.2) is 12.6 Å². The lowest BCUT2D eigenvalue weighted by molar-refractivity contribution is -0.318. The number of likely N-dealkylation sites (N-methyl/N-ethyl adjacent to an activating group) is 2. The summed E-state index contributed by atoms with van der Waals surface area (Å²) in [7, 11) is 7.11. The summed E-state index contributed by atoms with van der Waals surface area (Å²) in [5, 5.41) is 47.3. The highest BCUT2D eigenvalue weighted by Gasteiger charge is 2.53. The van der Waals surface area contributed by atoms with Gasteiger partial charge in [-0.2, -0.15) is 0 Å². The van der Waals surface area contributed by atoms with Gasteiger partial charge in [-0.1, -0.05) is 20.8 Å². The van der Waals surface area contributed by atoms with Crippen molar-refractivity contribution in [2.45, 2.75) is 192 Å². The third-order valence-electron chi connectivity index (χ3n) is 12.5. The molecule has 3 fully saturated rings. The van der Waals surface area contributed by atoms with Gasteiger partial charge in [-0.15, -0.1) is 0 Å². The number of carbonyl (C=O) groups is 2. The second kappa shape index (κ2) is 19.0. The number of cyclic esters (lactones) is 1. The van der Waals surface area contributed by atoms with E-state index >= 15 is 0 Å². The van der Waals surface area contributed by atoms with Crippen molar-refractivity contribution in [2.24, 2.45) is 17.8 Å². The van der Waals surface area contributed by atoms with E-state index in [2.05, 4.69) is 0 Å². The molecule has 15 nitrogen and oxygen atoms in total. The van der Waals surface area contributed by atoms with Crippen LogP contribution in [-0.4, -0.2) is 167 Å². The molecule has 0 aromatic rings. The molecule has 3 rings (SSSR count). The first-order valence-electron chi connectivity index (χ1n) is 20.0. The molecule has 0 aromatic heterocycles. The van der Waals surface area contributed by atoms with Crippen molar-refractivity contribution in [1.29, 1.82) is 0 Å². The number of methoxy groups -OCH3 is 1. The Kier molecular flexibility index (Phi) is 16.6. The van der Waals surface area contributed by atoms with Crippen LogP contribution in [0.15, 0.2) is 0 Å². The summed E-state index contributed by atoms with van der Waals surface area (Å²) in [6.45, 7) is 19.3. The van der Waals surface area contributed by atoms with Crippen molar-refractivity contribution in [3.63, 3.8) is 0 Å². The molecule has 0 saturated carbocycles. The van der Waals surface area contributed by atoms with Crippen LogP contribution in [0.3, 0.4) is 0 Å². The van der Waals surface area contributed by atoms with Crippen LogP contribution >= 0.6 is 0 Å². The van der Waals surface area contributed by atoms with Crippen LogP contribution in [-0.2, 0) is 42.7 Å². The number of carbonyl (C=O) groups excluding carboxylic acids is 2. The third-order valence-corrected chi connectivity index (χ3v) is 12.5. The zero-order valence-electron chi connectivity index (χ0n) is 36.1. The van der Waals surface area contributed by atoms with E-state index in [0.717, 1.165) is 0 Å². The molecule has 0 spiro atoms. The number of aliphatic hydroxyl groups is 4. The Morgan fingerprint density at radius 1 is 0.982 bits per heavy atom. The van der Waals surface area contributed by atoms with Crippen LogP contribution in [0.4, 0.5) is 0 Å². The second-order valence-corrected chi connectivity index (χ2v) is 17.8. The highest BCUT2D eigenvalue weighted by atomic mass is 16.7. The van der Waals surface area contributed by atoms with E-state index in [9.17, 15) is 30.0 Å². The van der Waals surface area contributed by atoms with Crippen molar-refractivity contribution in [3.8, 4) is 0 Å². The lowest BCUT2D eigenvalue weighted by atomic mass is 9.77. The summed E-state index contributed by atoms with van der Waals surface area (Å²) in [6, 6.07) is -0.819. The fourth-order valence-corrected chi connectivity index (χ4v) is 9.12. The molecule has 0 unspecified atom stereocenters. The fraction of sp³-hybridized carbons (Fsp3) is 0.950. The molecular weight excluding hydrogens is 716 g/mol. The third kappa shape index (κ3) is 11.2. The number of ether oxygens (including phenoxy) is 7. The van der Waals surface area contributed by atoms with Gasteiger partial charge in [0.1, 0.15) is 30.0 Å². The number of aliphatic hydroxyl groups excluding tert-OH is 2. The maximum Gasteiger partial charge on any atom is 0.311 e. The van der Waals surface area contributed by atoms with Crippen LogP contribution in [0.5, 0.6) is 0 Å². The smallest absolute Gasteiger partial charge is 0.311 e. The van der Waals surface area contributed by atoms with E-state index in [1.165, 1.54) is 21.0 Å². The minimum Gasteiger partial charge on any atom is -0.459 e. The standard InChI is InChI=1S/C40H74N2O13/c1-16-29-40(11,48)35(52-27(8)43)25(6)42(14)20-21(2)18-38(9,47)34(55-37-31(44)28(41(12)13)17-22(3)50-37)23(4)32(24(5)36(46)53-29)54-30-19-39(10,49-15)33(45)26(7)51-30/h21-26,28-35,37,44-45,47-48H,16-20H2,1-15H3/t21-,22-,23+,24-,25+,26+,28+,29+,30+,31-,32+,33+,34-,35-,37+,38+,39-,40-/m1/s1. The summed E-state index contributed by atoms with van der Waals surface area (Å²) < 4.78 is 43.5. The molecular formula is C40H74N2O13. The number of hydrogen-bond acceptors (Lipinski definition) is 15. The SMILES string of the molecule is CC[C@@H]1OC(=O)[C@H](C)[C@@H](O[C@H]2C[C@@](C)(OC)[C@@H](O)[C@H](C)O2)[C@H](C)[C@@H](O[C@@H]2O[C@H](C)C[C@H](N(C)C)[C@H]2O)[C@@](C)(O)C[C@@H](C)CN(C)[C@@H](C)[C@@H](OC(C)=O)[C@]1(C)O. The largest absolute Gasteiger partial charge is 0.459 e. The minimum absolute atomic E-state index is 0.117. The van der Waals surface area contributed by atoms with Gasteiger partial charge in [0.25, 0.3) is 0 Å². The van der Waals surface area contributed by atoms with Gasteiger partial charge in [-0.3, -0.25) is 14.5 Å². The molecule has 0 bridgehead atoms. The highest BCUT2D eigenvalue weighted by molar-refractivity contribution is 5.73. The number of rotatable bonds is 8. The molecule has 3 saturated heterocycles. The van der Waals surface area contributed by atoms with Gasteiger partial charge in [-0.25, -0.2) is 0 Å². The first-order chi connectivity index (χ1) is 25.3. The zero-order valence-corrected chi connectivity index (χ0v) is 36.1. The summed E-state index contributed by atoms with van der Waals surface area (Å²) in [4.78, 5) is 30.7. The lowest BCUT2D eigenvalue weighted by Gasteiger charge is -2.48.